The second-order valence-corrected chi connectivity index (χ2v) is 4.62. The van der Waals surface area contributed by atoms with Crippen LogP contribution in [0.15, 0.2) is 12.7 Å². The van der Waals surface area contributed by atoms with Crippen LogP contribution >= 0.6 is 0 Å². The van der Waals surface area contributed by atoms with Crippen LogP contribution in [-0.4, -0.2) is 41.6 Å². The van der Waals surface area contributed by atoms with Gasteiger partial charge in [0.05, 0.1) is 5.92 Å². The molecule has 0 aromatic heterocycles. The van der Waals surface area contributed by atoms with Crippen molar-refractivity contribution in [3.05, 3.63) is 12.7 Å². The molecular weight excluding hydrogens is 232 g/mol. The Hall–Kier alpha value is -1.52. The SMILES string of the molecule is C=CCCCCNC(=O)N1CCC(C(=O)O)CC1. The van der Waals surface area contributed by atoms with Gasteiger partial charge in [-0.3, -0.25) is 4.79 Å². The molecule has 2 N–H and O–H groups in total. The van der Waals surface area contributed by atoms with Crippen LogP contribution in [-0.2, 0) is 4.79 Å². The molecule has 18 heavy (non-hydrogen) atoms. The summed E-state index contributed by atoms with van der Waals surface area (Å²) in [6.07, 6.45) is 5.94. The number of urea groups is 1. The molecule has 0 aromatic rings. The number of piperidine rings is 1. The van der Waals surface area contributed by atoms with Crippen LogP contribution in [0.2, 0.25) is 0 Å². The minimum atomic E-state index is -0.750. The molecule has 2 amide bonds. The maximum atomic E-state index is 11.8. The largest absolute Gasteiger partial charge is 0.481 e. The molecule has 0 radical (unpaired) electrons. The molecule has 0 unspecified atom stereocenters. The third-order valence-corrected chi connectivity index (χ3v) is 3.24. The zero-order valence-electron chi connectivity index (χ0n) is 10.7. The van der Waals surface area contributed by atoms with Gasteiger partial charge in [0.2, 0.25) is 0 Å². The van der Waals surface area contributed by atoms with Gasteiger partial charge in [0.1, 0.15) is 0 Å². The Labute approximate surface area is 108 Å². The predicted molar refractivity (Wildman–Crippen MR) is 69.4 cm³/mol. The lowest BCUT2D eigenvalue weighted by atomic mass is 9.97. The van der Waals surface area contributed by atoms with E-state index in [2.05, 4.69) is 11.9 Å². The van der Waals surface area contributed by atoms with E-state index in [9.17, 15) is 9.59 Å². The van der Waals surface area contributed by atoms with Gasteiger partial charge >= 0.3 is 12.0 Å². The van der Waals surface area contributed by atoms with Crippen molar-refractivity contribution in [2.45, 2.75) is 32.1 Å². The number of carboxylic acids is 1. The molecule has 0 aliphatic carbocycles. The Morgan fingerprint density at radius 2 is 2.00 bits per heavy atom. The zero-order valence-corrected chi connectivity index (χ0v) is 10.7. The molecule has 1 aliphatic rings. The molecule has 1 fully saturated rings. The summed E-state index contributed by atoms with van der Waals surface area (Å²) < 4.78 is 0. The van der Waals surface area contributed by atoms with E-state index in [-0.39, 0.29) is 11.9 Å². The highest BCUT2D eigenvalue weighted by Gasteiger charge is 2.26. The van der Waals surface area contributed by atoms with Crippen molar-refractivity contribution in [1.82, 2.24) is 10.2 Å². The average Bonchev–Trinajstić information content (AvgIpc) is 2.38. The van der Waals surface area contributed by atoms with Crippen molar-refractivity contribution in [3.63, 3.8) is 0 Å². The molecule has 0 spiro atoms. The fraction of sp³-hybridized carbons (Fsp3) is 0.692. The number of nitrogens with zero attached hydrogens (tertiary/aromatic N) is 1. The van der Waals surface area contributed by atoms with E-state index < -0.39 is 5.97 Å². The van der Waals surface area contributed by atoms with Crippen LogP contribution < -0.4 is 5.32 Å². The number of hydrogen-bond donors (Lipinski definition) is 2. The highest BCUT2D eigenvalue weighted by molar-refractivity contribution is 5.75. The lowest BCUT2D eigenvalue weighted by Crippen LogP contribution is -2.45. The van der Waals surface area contributed by atoms with E-state index in [1.165, 1.54) is 0 Å². The Morgan fingerprint density at radius 3 is 2.56 bits per heavy atom. The summed E-state index contributed by atoms with van der Waals surface area (Å²) in [5.74, 6) is -1.04. The van der Waals surface area contributed by atoms with Crippen molar-refractivity contribution in [3.8, 4) is 0 Å². The van der Waals surface area contributed by atoms with Crippen LogP contribution in [0.1, 0.15) is 32.1 Å². The number of hydrogen-bond acceptors (Lipinski definition) is 2. The molecule has 5 heteroatoms. The first kappa shape index (κ1) is 14.5. The van der Waals surface area contributed by atoms with E-state index >= 15 is 0 Å². The van der Waals surface area contributed by atoms with Gasteiger partial charge in [-0.05, 0) is 32.1 Å². The molecule has 1 saturated heterocycles. The van der Waals surface area contributed by atoms with E-state index in [0.29, 0.717) is 32.5 Å². The van der Waals surface area contributed by atoms with E-state index in [1.807, 2.05) is 6.08 Å². The van der Waals surface area contributed by atoms with Gasteiger partial charge in [0, 0.05) is 19.6 Å². The summed E-state index contributed by atoms with van der Waals surface area (Å²) in [5.41, 5.74) is 0. The molecule has 1 heterocycles. The number of aliphatic carboxylic acids is 1. The third kappa shape index (κ3) is 4.77. The second-order valence-electron chi connectivity index (χ2n) is 4.62. The Balaban J connectivity index is 2.16. The van der Waals surface area contributed by atoms with Gasteiger partial charge in [-0.25, -0.2) is 4.79 Å². The lowest BCUT2D eigenvalue weighted by molar-refractivity contribution is -0.143. The van der Waals surface area contributed by atoms with Crippen molar-refractivity contribution >= 4 is 12.0 Å². The summed E-state index contributed by atoms with van der Waals surface area (Å²) in [6.45, 7) is 5.39. The molecule has 0 atom stereocenters. The van der Waals surface area contributed by atoms with Crippen LogP contribution in [0.3, 0.4) is 0 Å². The predicted octanol–water partition coefficient (Wildman–Crippen LogP) is 1.85. The molecule has 5 nitrogen and oxygen atoms in total. The highest BCUT2D eigenvalue weighted by Crippen LogP contribution is 2.17. The quantitative estimate of drug-likeness (QED) is 0.561. The Bertz CT molecular complexity index is 297. The Kier molecular flexibility index (Phi) is 6.25. The summed E-state index contributed by atoms with van der Waals surface area (Å²) in [5, 5.41) is 11.7. The van der Waals surface area contributed by atoms with Crippen molar-refractivity contribution < 1.29 is 14.7 Å². The third-order valence-electron chi connectivity index (χ3n) is 3.24. The number of amides is 2. The molecule has 0 saturated carbocycles. The smallest absolute Gasteiger partial charge is 0.317 e. The summed E-state index contributed by atoms with van der Waals surface area (Å²) in [4.78, 5) is 24.2. The molecule has 1 aliphatic heterocycles. The van der Waals surface area contributed by atoms with Gasteiger partial charge in [-0.2, -0.15) is 0 Å². The monoisotopic (exact) mass is 254 g/mol. The summed E-state index contributed by atoms with van der Waals surface area (Å²) in [7, 11) is 0. The van der Waals surface area contributed by atoms with Crippen LogP contribution in [0.25, 0.3) is 0 Å². The first-order valence-corrected chi connectivity index (χ1v) is 6.51. The fourth-order valence-electron chi connectivity index (χ4n) is 2.05. The number of carboxylic acid groups (broad SMARTS) is 1. The Morgan fingerprint density at radius 1 is 1.33 bits per heavy atom. The number of allylic oxidation sites excluding steroid dienone is 1. The minimum Gasteiger partial charge on any atom is -0.481 e. The van der Waals surface area contributed by atoms with Crippen LogP contribution in [0, 0.1) is 5.92 Å². The van der Waals surface area contributed by atoms with Gasteiger partial charge < -0.3 is 15.3 Å². The number of rotatable bonds is 6. The number of nitrogens with one attached hydrogen (secondary N) is 1. The molecule has 1 rings (SSSR count). The van der Waals surface area contributed by atoms with Crippen molar-refractivity contribution in [2.24, 2.45) is 5.92 Å². The molecule has 0 aromatic carbocycles. The normalized spacial score (nSPS) is 16.3. The van der Waals surface area contributed by atoms with Crippen molar-refractivity contribution in [2.75, 3.05) is 19.6 Å². The van der Waals surface area contributed by atoms with Gasteiger partial charge in [-0.1, -0.05) is 6.08 Å². The number of likely N-dealkylation sites (tertiary alicyclic amines) is 1. The average molecular weight is 254 g/mol. The number of carbonyl (C=O) groups is 2. The molecular formula is C13H22N2O3. The zero-order chi connectivity index (χ0) is 13.4. The second kappa shape index (κ2) is 7.74. The minimum absolute atomic E-state index is 0.0718. The topological polar surface area (TPSA) is 69.6 Å². The van der Waals surface area contributed by atoms with Gasteiger partial charge in [0.15, 0.2) is 0 Å². The van der Waals surface area contributed by atoms with E-state index in [1.54, 1.807) is 4.90 Å². The maximum Gasteiger partial charge on any atom is 0.317 e. The highest BCUT2D eigenvalue weighted by atomic mass is 16.4. The lowest BCUT2D eigenvalue weighted by Gasteiger charge is -2.30. The first-order chi connectivity index (χ1) is 8.65. The van der Waals surface area contributed by atoms with Crippen LogP contribution in [0.4, 0.5) is 4.79 Å². The van der Waals surface area contributed by atoms with E-state index in [0.717, 1.165) is 19.3 Å². The number of unbranched alkanes of at least 4 members (excludes halogenated alkanes) is 2. The first-order valence-electron chi connectivity index (χ1n) is 6.51. The maximum absolute atomic E-state index is 11.8. The fourth-order valence-corrected chi connectivity index (χ4v) is 2.05. The summed E-state index contributed by atoms with van der Waals surface area (Å²) in [6, 6.07) is -0.0718. The van der Waals surface area contributed by atoms with Crippen LogP contribution in [0.5, 0.6) is 0 Å². The summed E-state index contributed by atoms with van der Waals surface area (Å²) >= 11 is 0. The number of carbonyl (C=O) groups excluding carboxylic acids is 1. The van der Waals surface area contributed by atoms with Gasteiger partial charge in [0.25, 0.3) is 0 Å². The van der Waals surface area contributed by atoms with E-state index in [4.69, 9.17) is 5.11 Å². The molecule has 102 valence electrons. The standard InChI is InChI=1S/C13H22N2O3/c1-2-3-4-5-8-14-13(18)15-9-6-11(7-10-15)12(16)17/h2,11H,1,3-10H2,(H,14,18)(H,16,17). The van der Waals surface area contributed by atoms with Gasteiger partial charge in [-0.15, -0.1) is 6.58 Å². The molecule has 0 bridgehead atoms. The van der Waals surface area contributed by atoms with Crippen molar-refractivity contribution in [1.29, 1.82) is 0 Å².